The molecule has 0 spiro atoms. The van der Waals surface area contributed by atoms with E-state index in [4.69, 9.17) is 4.74 Å². The maximum Gasteiger partial charge on any atom is 0.127 e. The lowest BCUT2D eigenvalue weighted by Gasteiger charge is -2.18. The second-order valence-corrected chi connectivity index (χ2v) is 5.48. The third kappa shape index (κ3) is 2.38. The highest BCUT2D eigenvalue weighted by molar-refractivity contribution is 5.45. The molecule has 0 bridgehead atoms. The minimum atomic E-state index is -0.0454. The molecule has 1 heterocycles. The maximum atomic E-state index is 6.02. The summed E-state index contributed by atoms with van der Waals surface area (Å²) in [4.78, 5) is 0. The summed E-state index contributed by atoms with van der Waals surface area (Å²) in [6.07, 6.45) is 1.01. The van der Waals surface area contributed by atoms with Crippen LogP contribution in [0.2, 0.25) is 0 Å². The first-order valence-corrected chi connectivity index (χ1v) is 6.01. The summed E-state index contributed by atoms with van der Waals surface area (Å²) in [5, 5.41) is 3.44. The van der Waals surface area contributed by atoms with Crippen molar-refractivity contribution in [1.82, 2.24) is 5.32 Å². The lowest BCUT2D eigenvalue weighted by molar-refractivity contribution is 0.137. The molecule has 0 saturated heterocycles. The minimum absolute atomic E-state index is 0.0454. The summed E-state index contributed by atoms with van der Waals surface area (Å²) < 4.78 is 6.02. The summed E-state index contributed by atoms with van der Waals surface area (Å²) in [5.41, 5.74) is 2.57. The minimum Gasteiger partial charge on any atom is -0.487 e. The van der Waals surface area contributed by atoms with Crippen LogP contribution in [0.25, 0.3) is 0 Å². The lowest BCUT2D eigenvalue weighted by Crippen LogP contribution is -2.25. The molecule has 16 heavy (non-hydrogen) atoms. The number of benzene rings is 1. The third-order valence-corrected chi connectivity index (χ3v) is 2.87. The van der Waals surface area contributed by atoms with Crippen molar-refractivity contribution in [3.05, 3.63) is 29.3 Å². The molecule has 0 aliphatic carbocycles. The van der Waals surface area contributed by atoms with Gasteiger partial charge in [0.25, 0.3) is 0 Å². The van der Waals surface area contributed by atoms with E-state index in [0.29, 0.717) is 6.04 Å². The fraction of sp³-hybridized carbons (Fsp3) is 0.571. The second-order valence-electron chi connectivity index (χ2n) is 5.48. The molecule has 0 unspecified atom stereocenters. The van der Waals surface area contributed by atoms with Crippen molar-refractivity contribution in [1.29, 1.82) is 0 Å². The molecule has 0 atom stereocenters. The topological polar surface area (TPSA) is 21.3 Å². The summed E-state index contributed by atoms with van der Waals surface area (Å²) in [6.45, 7) is 9.50. The molecular weight excluding hydrogens is 198 g/mol. The van der Waals surface area contributed by atoms with Crippen LogP contribution in [-0.2, 0) is 13.0 Å². The van der Waals surface area contributed by atoms with Crippen molar-refractivity contribution in [2.45, 2.75) is 52.3 Å². The Kier molecular flexibility index (Phi) is 2.94. The quantitative estimate of drug-likeness (QED) is 0.844. The first kappa shape index (κ1) is 11.5. The van der Waals surface area contributed by atoms with Gasteiger partial charge in [-0.05, 0) is 19.4 Å². The predicted octanol–water partition coefficient (Wildman–Crippen LogP) is 2.90. The molecule has 0 radical (unpaired) electrons. The second kappa shape index (κ2) is 4.10. The van der Waals surface area contributed by atoms with Crippen molar-refractivity contribution in [2.75, 3.05) is 0 Å². The van der Waals surface area contributed by atoms with Gasteiger partial charge in [0, 0.05) is 24.6 Å². The van der Waals surface area contributed by atoms with E-state index >= 15 is 0 Å². The summed E-state index contributed by atoms with van der Waals surface area (Å²) >= 11 is 0. The summed E-state index contributed by atoms with van der Waals surface area (Å²) in [5.74, 6) is 1.10. The number of fused-ring (bicyclic) bond motifs is 1. The Morgan fingerprint density at radius 2 is 2.12 bits per heavy atom. The van der Waals surface area contributed by atoms with E-state index in [9.17, 15) is 0 Å². The highest BCUT2D eigenvalue weighted by Gasteiger charge is 2.31. The summed E-state index contributed by atoms with van der Waals surface area (Å²) in [7, 11) is 0. The van der Waals surface area contributed by atoms with E-state index in [2.05, 4.69) is 51.2 Å². The fourth-order valence-electron chi connectivity index (χ4n) is 2.13. The lowest BCUT2D eigenvalue weighted by atomic mass is 10.0. The highest BCUT2D eigenvalue weighted by atomic mass is 16.5. The third-order valence-electron chi connectivity index (χ3n) is 2.87. The van der Waals surface area contributed by atoms with Crippen LogP contribution in [-0.4, -0.2) is 11.6 Å². The number of rotatable bonds is 3. The monoisotopic (exact) mass is 219 g/mol. The molecule has 1 aliphatic heterocycles. The first-order chi connectivity index (χ1) is 7.48. The molecule has 0 saturated carbocycles. The number of hydrogen-bond acceptors (Lipinski definition) is 2. The Bertz CT molecular complexity index is 382. The van der Waals surface area contributed by atoms with E-state index in [1.807, 2.05) is 0 Å². The normalized spacial score (nSPS) is 17.3. The molecule has 1 aliphatic rings. The molecule has 0 fully saturated rings. The molecule has 2 nitrogen and oxygen atoms in total. The van der Waals surface area contributed by atoms with E-state index in [0.717, 1.165) is 18.7 Å². The average molecular weight is 219 g/mol. The SMILES string of the molecule is CC(C)NCc1cccc2c1OC(C)(C)C2. The van der Waals surface area contributed by atoms with Gasteiger partial charge in [-0.3, -0.25) is 0 Å². The van der Waals surface area contributed by atoms with Gasteiger partial charge in [-0.1, -0.05) is 32.0 Å². The van der Waals surface area contributed by atoms with Crippen molar-refractivity contribution in [3.63, 3.8) is 0 Å². The van der Waals surface area contributed by atoms with Crippen LogP contribution < -0.4 is 10.1 Å². The Morgan fingerprint density at radius 3 is 2.81 bits per heavy atom. The van der Waals surface area contributed by atoms with Crippen LogP contribution in [0.5, 0.6) is 5.75 Å². The van der Waals surface area contributed by atoms with Crippen molar-refractivity contribution >= 4 is 0 Å². The Morgan fingerprint density at radius 1 is 1.38 bits per heavy atom. The number of nitrogens with one attached hydrogen (secondary N) is 1. The largest absolute Gasteiger partial charge is 0.487 e. The van der Waals surface area contributed by atoms with Gasteiger partial charge < -0.3 is 10.1 Å². The highest BCUT2D eigenvalue weighted by Crippen LogP contribution is 2.37. The molecule has 1 N–H and O–H groups in total. The Labute approximate surface area is 98.0 Å². The van der Waals surface area contributed by atoms with E-state index in [1.54, 1.807) is 0 Å². The van der Waals surface area contributed by atoms with Gasteiger partial charge in [-0.2, -0.15) is 0 Å². The van der Waals surface area contributed by atoms with Gasteiger partial charge in [0.15, 0.2) is 0 Å². The van der Waals surface area contributed by atoms with Crippen molar-refractivity contribution < 1.29 is 4.74 Å². The molecule has 2 heteroatoms. The van der Waals surface area contributed by atoms with Gasteiger partial charge in [0.1, 0.15) is 11.4 Å². The van der Waals surface area contributed by atoms with Gasteiger partial charge in [-0.25, -0.2) is 0 Å². The maximum absolute atomic E-state index is 6.02. The van der Waals surface area contributed by atoms with Crippen molar-refractivity contribution in [2.24, 2.45) is 0 Å². The fourth-order valence-corrected chi connectivity index (χ4v) is 2.13. The van der Waals surface area contributed by atoms with Crippen LogP contribution in [0.4, 0.5) is 0 Å². The molecule has 1 aromatic carbocycles. The van der Waals surface area contributed by atoms with Crippen LogP contribution in [0.15, 0.2) is 18.2 Å². The molecule has 1 aromatic rings. The summed E-state index contributed by atoms with van der Waals surface area (Å²) in [6, 6.07) is 6.95. The average Bonchev–Trinajstić information content (AvgIpc) is 2.48. The van der Waals surface area contributed by atoms with Gasteiger partial charge >= 0.3 is 0 Å². The molecule has 88 valence electrons. The number of ether oxygens (including phenoxy) is 1. The smallest absolute Gasteiger partial charge is 0.127 e. The number of para-hydroxylation sites is 1. The zero-order valence-electron chi connectivity index (χ0n) is 10.6. The molecule has 0 aromatic heterocycles. The van der Waals surface area contributed by atoms with E-state index in [1.165, 1.54) is 11.1 Å². The van der Waals surface area contributed by atoms with Gasteiger partial charge in [0.05, 0.1) is 0 Å². The van der Waals surface area contributed by atoms with Crippen LogP contribution >= 0.6 is 0 Å². The van der Waals surface area contributed by atoms with Gasteiger partial charge in [-0.15, -0.1) is 0 Å². The van der Waals surface area contributed by atoms with Gasteiger partial charge in [0.2, 0.25) is 0 Å². The standard InChI is InChI=1S/C14H21NO/c1-10(2)15-9-12-7-5-6-11-8-14(3,4)16-13(11)12/h5-7,10,15H,8-9H2,1-4H3. The van der Waals surface area contributed by atoms with Crippen molar-refractivity contribution in [3.8, 4) is 5.75 Å². The Balaban J connectivity index is 2.20. The first-order valence-electron chi connectivity index (χ1n) is 6.01. The zero-order chi connectivity index (χ0) is 11.8. The molecule has 2 rings (SSSR count). The molecule has 0 amide bonds. The predicted molar refractivity (Wildman–Crippen MR) is 66.8 cm³/mol. The van der Waals surface area contributed by atoms with Crippen LogP contribution in [0.3, 0.4) is 0 Å². The van der Waals surface area contributed by atoms with E-state index in [-0.39, 0.29) is 5.60 Å². The zero-order valence-corrected chi connectivity index (χ0v) is 10.6. The van der Waals surface area contributed by atoms with Crippen LogP contribution in [0, 0.1) is 0 Å². The number of hydrogen-bond donors (Lipinski definition) is 1. The Hall–Kier alpha value is -1.02. The van der Waals surface area contributed by atoms with E-state index < -0.39 is 0 Å². The van der Waals surface area contributed by atoms with Crippen LogP contribution in [0.1, 0.15) is 38.8 Å². The molecular formula is C14H21NO.